The minimum absolute atomic E-state index is 0. The molecule has 0 amide bonds. The average Bonchev–Trinajstić information content (AvgIpc) is 2.03. The first-order chi connectivity index (χ1) is 5.55. The maximum Gasteiger partial charge on any atom is 1.00 e. The van der Waals surface area contributed by atoms with Crippen molar-refractivity contribution < 1.29 is 64.3 Å². The molecule has 0 unspecified atom stereocenters. The molecule has 1 aromatic rings. The van der Waals surface area contributed by atoms with E-state index in [1.165, 1.54) is 6.07 Å². The fraction of sp³-hybridized carbons (Fsp3) is 0. The molecular weight excluding hydrogens is 207 g/mol. The third-order valence-electron chi connectivity index (χ3n) is 1.33. The Hall–Kier alpha value is 0.131. The number of nitrogens with zero attached hydrogens (tertiary/aromatic N) is 2. The van der Waals surface area contributed by atoms with Gasteiger partial charge in [0.15, 0.2) is 0 Å². The minimum Gasteiger partial charge on any atom is -0.445 e. The Kier molecular flexibility index (Phi) is 5.17. The molecule has 0 aromatic carbocycles. The van der Waals surface area contributed by atoms with Gasteiger partial charge in [-0.25, -0.2) is 0 Å². The van der Waals surface area contributed by atoms with E-state index in [4.69, 9.17) is 5.26 Å². The van der Waals surface area contributed by atoms with E-state index in [2.05, 4.69) is 4.98 Å². The van der Waals surface area contributed by atoms with Crippen LogP contribution in [-0.4, -0.2) is 12.0 Å². The maximum absolute atomic E-state index is 12.1. The summed E-state index contributed by atoms with van der Waals surface area (Å²) in [5.74, 6) is 0. The quantitative estimate of drug-likeness (QED) is 0.503. The van der Waals surface area contributed by atoms with Crippen molar-refractivity contribution in [3.8, 4) is 6.07 Å². The Balaban J connectivity index is 0.00000144. The molecule has 7 heteroatoms. The smallest absolute Gasteiger partial charge is 0.445 e. The van der Waals surface area contributed by atoms with Crippen LogP contribution in [0.1, 0.15) is 5.56 Å². The van der Waals surface area contributed by atoms with Crippen LogP contribution < -0.4 is 56.8 Å². The molecule has 1 aromatic heterocycles. The normalized spacial score (nSPS) is 10.0. The number of aromatic nitrogens is 1. The summed E-state index contributed by atoms with van der Waals surface area (Å²) in [4.78, 5) is 3.42. The largest absolute Gasteiger partial charge is 1.00 e. The summed E-state index contributed by atoms with van der Waals surface area (Å²) in [6.07, 6.45) is 1.93. The van der Waals surface area contributed by atoms with Gasteiger partial charge in [-0.05, 0) is 0 Å². The Bertz CT molecular complexity index is 333. The van der Waals surface area contributed by atoms with E-state index < -0.39 is 18.0 Å². The molecule has 0 radical (unpaired) electrons. The first-order valence-corrected chi connectivity index (χ1v) is 3.09. The van der Waals surface area contributed by atoms with Crippen molar-refractivity contribution in [1.29, 1.82) is 5.26 Å². The SMILES string of the molecule is N#Cc1cnccc1[B-](F)(F)F.[K+]. The van der Waals surface area contributed by atoms with Crippen LogP contribution >= 0.6 is 0 Å². The van der Waals surface area contributed by atoms with Gasteiger partial charge in [0.05, 0.1) is 6.07 Å². The van der Waals surface area contributed by atoms with Gasteiger partial charge in [0, 0.05) is 18.0 Å². The zero-order valence-electron chi connectivity index (χ0n) is 6.84. The topological polar surface area (TPSA) is 36.7 Å². The van der Waals surface area contributed by atoms with E-state index in [1.54, 1.807) is 0 Å². The van der Waals surface area contributed by atoms with Crippen molar-refractivity contribution in [2.24, 2.45) is 0 Å². The molecule has 0 aliphatic rings. The number of halogens is 3. The van der Waals surface area contributed by atoms with E-state index in [0.717, 1.165) is 18.5 Å². The Labute approximate surface area is 116 Å². The van der Waals surface area contributed by atoms with Crippen LogP contribution in [0.2, 0.25) is 0 Å². The molecule has 2 nitrogen and oxygen atoms in total. The predicted octanol–water partition coefficient (Wildman–Crippen LogP) is -1.99. The molecule has 0 aliphatic carbocycles. The van der Waals surface area contributed by atoms with E-state index in [1.807, 2.05) is 0 Å². The molecule has 0 saturated carbocycles. The van der Waals surface area contributed by atoms with Gasteiger partial charge in [-0.2, -0.15) is 5.26 Å². The molecule has 0 aliphatic heterocycles. The van der Waals surface area contributed by atoms with E-state index in [0.29, 0.717) is 0 Å². The van der Waals surface area contributed by atoms with Gasteiger partial charge in [0.2, 0.25) is 0 Å². The molecule has 0 N–H and O–H groups in total. The van der Waals surface area contributed by atoms with Gasteiger partial charge in [-0.15, -0.1) is 0 Å². The second-order valence-corrected chi connectivity index (χ2v) is 2.15. The predicted molar refractivity (Wildman–Crippen MR) is 37.7 cm³/mol. The summed E-state index contributed by atoms with van der Waals surface area (Å²) in [6, 6.07) is 2.24. The van der Waals surface area contributed by atoms with E-state index in [-0.39, 0.29) is 51.4 Å². The van der Waals surface area contributed by atoms with Gasteiger partial charge in [0.1, 0.15) is 0 Å². The Morgan fingerprint density at radius 3 is 2.38 bits per heavy atom. The van der Waals surface area contributed by atoms with Gasteiger partial charge in [-0.1, -0.05) is 11.5 Å². The number of nitriles is 1. The summed E-state index contributed by atoms with van der Waals surface area (Å²) >= 11 is 0. The first kappa shape index (κ1) is 13.1. The molecule has 0 atom stereocenters. The summed E-state index contributed by atoms with van der Waals surface area (Å²) in [6.45, 7) is -5.10. The Morgan fingerprint density at radius 2 is 2.00 bits per heavy atom. The van der Waals surface area contributed by atoms with Crippen LogP contribution in [0.15, 0.2) is 18.5 Å². The first-order valence-electron chi connectivity index (χ1n) is 3.09. The molecular formula is C6H3BF3KN2. The number of hydrogen-bond donors (Lipinski definition) is 0. The monoisotopic (exact) mass is 210 g/mol. The standard InChI is InChI=1S/C6H3BF3N2.K/c8-7(9,10)6-1-2-12-4-5(6)3-11;/h1-2,4H;/q-1;+1. The molecule has 0 spiro atoms. The van der Waals surface area contributed by atoms with Crippen LogP contribution in [0.4, 0.5) is 12.9 Å². The van der Waals surface area contributed by atoms with E-state index >= 15 is 0 Å². The molecule has 1 heterocycles. The molecule has 0 fully saturated rings. The zero-order chi connectivity index (χ0) is 9.19. The summed E-state index contributed by atoms with van der Waals surface area (Å²) in [5, 5.41) is 8.30. The van der Waals surface area contributed by atoms with Crippen LogP contribution in [0.3, 0.4) is 0 Å². The van der Waals surface area contributed by atoms with Gasteiger partial charge in [-0.3, -0.25) is 4.98 Å². The van der Waals surface area contributed by atoms with Gasteiger partial charge in [0.25, 0.3) is 0 Å². The van der Waals surface area contributed by atoms with Crippen LogP contribution in [0.5, 0.6) is 0 Å². The van der Waals surface area contributed by atoms with Crippen molar-refractivity contribution in [2.75, 3.05) is 0 Å². The number of rotatable bonds is 1. The second kappa shape index (κ2) is 5.12. The van der Waals surface area contributed by atoms with Crippen molar-refractivity contribution >= 4 is 12.4 Å². The van der Waals surface area contributed by atoms with Crippen LogP contribution in [-0.2, 0) is 0 Å². The van der Waals surface area contributed by atoms with Crippen molar-refractivity contribution in [3.63, 3.8) is 0 Å². The van der Waals surface area contributed by atoms with Gasteiger partial charge >= 0.3 is 58.4 Å². The molecule has 0 bridgehead atoms. The van der Waals surface area contributed by atoms with E-state index in [9.17, 15) is 12.9 Å². The number of pyridine rings is 1. The second-order valence-electron chi connectivity index (χ2n) is 2.15. The molecule has 1 rings (SSSR count). The van der Waals surface area contributed by atoms with Crippen LogP contribution in [0.25, 0.3) is 0 Å². The zero-order valence-corrected chi connectivity index (χ0v) is 9.96. The molecule has 0 saturated heterocycles. The third kappa shape index (κ3) is 3.40. The fourth-order valence-corrected chi connectivity index (χ4v) is 0.784. The average molecular weight is 210 g/mol. The summed E-state index contributed by atoms with van der Waals surface area (Å²) in [7, 11) is 0. The maximum atomic E-state index is 12.1. The third-order valence-corrected chi connectivity index (χ3v) is 1.33. The van der Waals surface area contributed by atoms with Gasteiger partial charge < -0.3 is 12.9 Å². The molecule has 13 heavy (non-hydrogen) atoms. The van der Waals surface area contributed by atoms with Crippen molar-refractivity contribution in [3.05, 3.63) is 24.0 Å². The number of hydrogen-bond acceptors (Lipinski definition) is 2. The van der Waals surface area contributed by atoms with Crippen molar-refractivity contribution in [1.82, 2.24) is 4.98 Å². The molecule has 62 valence electrons. The Morgan fingerprint density at radius 1 is 1.38 bits per heavy atom. The summed E-state index contributed by atoms with van der Waals surface area (Å²) in [5.41, 5.74) is -1.31. The minimum atomic E-state index is -5.10. The van der Waals surface area contributed by atoms with Crippen molar-refractivity contribution in [2.45, 2.75) is 0 Å². The fourth-order valence-electron chi connectivity index (χ4n) is 0.784. The summed E-state index contributed by atoms with van der Waals surface area (Å²) < 4.78 is 36.4. The van der Waals surface area contributed by atoms with Crippen LogP contribution in [0, 0.1) is 11.3 Å².